The molecule has 0 radical (unpaired) electrons. The molecule has 0 saturated heterocycles. The van der Waals surface area contributed by atoms with Gasteiger partial charge in [-0.15, -0.1) is 0 Å². The van der Waals surface area contributed by atoms with Crippen molar-refractivity contribution in [2.24, 2.45) is 0 Å². The summed E-state index contributed by atoms with van der Waals surface area (Å²) in [7, 11) is 1.68. The lowest BCUT2D eigenvalue weighted by Gasteiger charge is -2.15. The molecule has 1 N–H and O–H groups in total. The fourth-order valence-corrected chi connectivity index (χ4v) is 2.48. The SMILES string of the molecule is COc1cc(C)nc(CN[C@@H](C)c2cccc(Br)c2)c1. The number of halogens is 1. The van der Waals surface area contributed by atoms with E-state index in [1.54, 1.807) is 7.11 Å². The van der Waals surface area contributed by atoms with Crippen LogP contribution in [-0.4, -0.2) is 12.1 Å². The maximum Gasteiger partial charge on any atom is 0.122 e. The molecule has 106 valence electrons. The molecule has 1 heterocycles. The molecule has 0 spiro atoms. The predicted molar refractivity (Wildman–Crippen MR) is 84.9 cm³/mol. The van der Waals surface area contributed by atoms with Crippen molar-refractivity contribution in [1.29, 1.82) is 0 Å². The minimum absolute atomic E-state index is 0.265. The van der Waals surface area contributed by atoms with E-state index in [2.05, 4.69) is 45.3 Å². The molecule has 0 fully saturated rings. The van der Waals surface area contributed by atoms with Crippen LogP contribution in [-0.2, 0) is 6.54 Å². The average molecular weight is 335 g/mol. The topological polar surface area (TPSA) is 34.1 Å². The molecule has 0 aliphatic carbocycles. The van der Waals surface area contributed by atoms with E-state index >= 15 is 0 Å². The van der Waals surface area contributed by atoms with Crippen molar-refractivity contribution in [2.75, 3.05) is 7.11 Å². The molecule has 1 aromatic carbocycles. The van der Waals surface area contributed by atoms with E-state index in [-0.39, 0.29) is 6.04 Å². The van der Waals surface area contributed by atoms with Crippen molar-refractivity contribution in [2.45, 2.75) is 26.4 Å². The second-order valence-corrected chi connectivity index (χ2v) is 5.71. The number of ether oxygens (including phenoxy) is 1. The lowest BCUT2D eigenvalue weighted by molar-refractivity contribution is 0.412. The molecule has 1 aromatic heterocycles. The van der Waals surface area contributed by atoms with E-state index in [9.17, 15) is 0 Å². The van der Waals surface area contributed by atoms with Gasteiger partial charge in [0.05, 0.1) is 12.8 Å². The summed E-state index contributed by atoms with van der Waals surface area (Å²) < 4.78 is 6.37. The summed E-state index contributed by atoms with van der Waals surface area (Å²) in [6.45, 7) is 4.84. The van der Waals surface area contributed by atoms with Crippen molar-refractivity contribution < 1.29 is 4.74 Å². The van der Waals surface area contributed by atoms with E-state index in [1.807, 2.05) is 31.2 Å². The number of hydrogen-bond donors (Lipinski definition) is 1. The summed E-state index contributed by atoms with van der Waals surface area (Å²) in [4.78, 5) is 4.51. The third-order valence-corrected chi connectivity index (χ3v) is 3.65. The predicted octanol–water partition coefficient (Wildman–Crippen LogP) is 4.01. The highest BCUT2D eigenvalue weighted by atomic mass is 79.9. The van der Waals surface area contributed by atoms with Gasteiger partial charge in [-0.1, -0.05) is 28.1 Å². The molecule has 0 saturated carbocycles. The molecule has 3 nitrogen and oxygen atoms in total. The highest BCUT2D eigenvalue weighted by Crippen LogP contribution is 2.19. The van der Waals surface area contributed by atoms with Gasteiger partial charge < -0.3 is 10.1 Å². The second-order valence-electron chi connectivity index (χ2n) is 4.80. The van der Waals surface area contributed by atoms with Crippen molar-refractivity contribution in [1.82, 2.24) is 10.3 Å². The first-order valence-corrected chi connectivity index (χ1v) is 7.38. The minimum atomic E-state index is 0.265. The quantitative estimate of drug-likeness (QED) is 0.896. The molecule has 0 bridgehead atoms. The Morgan fingerprint density at radius 1 is 1.30 bits per heavy atom. The highest BCUT2D eigenvalue weighted by Gasteiger charge is 2.07. The lowest BCUT2D eigenvalue weighted by atomic mass is 10.1. The van der Waals surface area contributed by atoms with Gasteiger partial charge in [-0.25, -0.2) is 0 Å². The first-order valence-electron chi connectivity index (χ1n) is 6.59. The number of methoxy groups -OCH3 is 1. The molecule has 1 atom stereocenters. The number of aromatic nitrogens is 1. The van der Waals surface area contributed by atoms with Crippen LogP contribution in [0.5, 0.6) is 5.75 Å². The molecule has 2 rings (SSSR count). The molecular formula is C16H19BrN2O. The summed E-state index contributed by atoms with van der Waals surface area (Å²) in [6, 6.07) is 12.5. The van der Waals surface area contributed by atoms with Crippen LogP contribution in [0.25, 0.3) is 0 Å². The molecular weight excluding hydrogens is 316 g/mol. The third kappa shape index (κ3) is 4.05. The normalized spacial score (nSPS) is 12.2. The van der Waals surface area contributed by atoms with Gasteiger partial charge in [-0.2, -0.15) is 0 Å². The van der Waals surface area contributed by atoms with Gasteiger partial charge in [0.25, 0.3) is 0 Å². The van der Waals surface area contributed by atoms with Crippen molar-refractivity contribution in [3.63, 3.8) is 0 Å². The molecule has 0 amide bonds. The molecule has 4 heteroatoms. The smallest absolute Gasteiger partial charge is 0.122 e. The largest absolute Gasteiger partial charge is 0.497 e. The zero-order valence-corrected chi connectivity index (χ0v) is 13.6. The van der Waals surface area contributed by atoms with Crippen LogP contribution < -0.4 is 10.1 Å². The lowest BCUT2D eigenvalue weighted by Crippen LogP contribution is -2.19. The van der Waals surface area contributed by atoms with E-state index in [0.29, 0.717) is 6.54 Å². The summed E-state index contributed by atoms with van der Waals surface area (Å²) in [6.07, 6.45) is 0. The van der Waals surface area contributed by atoms with Crippen LogP contribution in [0.4, 0.5) is 0 Å². The minimum Gasteiger partial charge on any atom is -0.497 e. The van der Waals surface area contributed by atoms with Gasteiger partial charge in [0.2, 0.25) is 0 Å². The number of pyridine rings is 1. The van der Waals surface area contributed by atoms with Gasteiger partial charge >= 0.3 is 0 Å². The Hall–Kier alpha value is -1.39. The van der Waals surface area contributed by atoms with Crippen LogP contribution in [0.3, 0.4) is 0 Å². The van der Waals surface area contributed by atoms with Gasteiger partial charge in [0.15, 0.2) is 0 Å². The maximum atomic E-state index is 5.27. The fourth-order valence-electron chi connectivity index (χ4n) is 2.06. The monoisotopic (exact) mass is 334 g/mol. The van der Waals surface area contributed by atoms with Gasteiger partial charge in [-0.05, 0) is 31.5 Å². The Morgan fingerprint density at radius 3 is 2.80 bits per heavy atom. The number of rotatable bonds is 5. The van der Waals surface area contributed by atoms with Crippen LogP contribution in [0.15, 0.2) is 40.9 Å². The van der Waals surface area contributed by atoms with Crippen molar-refractivity contribution in [3.05, 3.63) is 57.8 Å². The molecule has 0 unspecified atom stereocenters. The second kappa shape index (κ2) is 6.86. The maximum absolute atomic E-state index is 5.27. The number of nitrogens with one attached hydrogen (secondary N) is 1. The summed E-state index contributed by atoms with van der Waals surface area (Å²) in [5.74, 6) is 0.851. The summed E-state index contributed by atoms with van der Waals surface area (Å²) in [5, 5.41) is 3.48. The Kier molecular flexibility index (Phi) is 5.15. The third-order valence-electron chi connectivity index (χ3n) is 3.15. The van der Waals surface area contributed by atoms with E-state index in [4.69, 9.17) is 4.74 Å². The first kappa shape index (κ1) is 15.0. The van der Waals surface area contributed by atoms with E-state index in [1.165, 1.54) is 5.56 Å². The molecule has 0 aliphatic heterocycles. The first-order chi connectivity index (χ1) is 9.58. The zero-order chi connectivity index (χ0) is 14.5. The van der Waals surface area contributed by atoms with E-state index < -0.39 is 0 Å². The van der Waals surface area contributed by atoms with Crippen LogP contribution >= 0.6 is 15.9 Å². The molecule has 20 heavy (non-hydrogen) atoms. The summed E-state index contributed by atoms with van der Waals surface area (Å²) >= 11 is 3.50. The Bertz CT molecular complexity index is 586. The van der Waals surface area contributed by atoms with E-state index in [0.717, 1.165) is 21.6 Å². The highest BCUT2D eigenvalue weighted by molar-refractivity contribution is 9.10. The van der Waals surface area contributed by atoms with Crippen LogP contribution in [0.2, 0.25) is 0 Å². The van der Waals surface area contributed by atoms with Crippen molar-refractivity contribution >= 4 is 15.9 Å². The Morgan fingerprint density at radius 2 is 2.10 bits per heavy atom. The molecule has 2 aromatic rings. The Balaban J connectivity index is 2.03. The number of benzene rings is 1. The molecule has 0 aliphatic rings. The average Bonchev–Trinajstić information content (AvgIpc) is 2.44. The standard InChI is InChI=1S/C16H19BrN2O/c1-11-7-16(20-3)9-15(19-11)10-18-12(2)13-5-4-6-14(17)8-13/h4-9,12,18H,10H2,1-3H3/t12-/m0/s1. The van der Waals surface area contributed by atoms with Gasteiger partial charge in [-0.3, -0.25) is 4.98 Å². The van der Waals surface area contributed by atoms with Gasteiger partial charge in [0, 0.05) is 34.9 Å². The number of hydrogen-bond acceptors (Lipinski definition) is 3. The van der Waals surface area contributed by atoms with Crippen LogP contribution in [0.1, 0.15) is 29.9 Å². The fraction of sp³-hybridized carbons (Fsp3) is 0.312. The van der Waals surface area contributed by atoms with Crippen LogP contribution in [0, 0.1) is 6.92 Å². The number of nitrogens with zero attached hydrogens (tertiary/aromatic N) is 1. The van der Waals surface area contributed by atoms with Crippen molar-refractivity contribution in [3.8, 4) is 5.75 Å². The summed E-state index contributed by atoms with van der Waals surface area (Å²) in [5.41, 5.74) is 3.21. The Labute approximate surface area is 128 Å². The zero-order valence-electron chi connectivity index (χ0n) is 12.0. The number of aryl methyl sites for hydroxylation is 1. The van der Waals surface area contributed by atoms with Gasteiger partial charge in [0.1, 0.15) is 5.75 Å².